The van der Waals surface area contributed by atoms with Gasteiger partial charge in [-0.05, 0) is 12.1 Å². The molecule has 0 heterocycles. The Bertz CT molecular complexity index is 328. The lowest BCUT2D eigenvalue weighted by Gasteiger charge is -2.08. The van der Waals surface area contributed by atoms with Crippen molar-refractivity contribution in [3.8, 4) is 6.07 Å². The van der Waals surface area contributed by atoms with E-state index in [2.05, 4.69) is 0 Å². The van der Waals surface area contributed by atoms with Crippen molar-refractivity contribution in [3.05, 3.63) is 34.6 Å². The van der Waals surface area contributed by atoms with Crippen molar-refractivity contribution >= 4 is 11.6 Å². The van der Waals surface area contributed by atoms with E-state index in [0.29, 0.717) is 0 Å². The summed E-state index contributed by atoms with van der Waals surface area (Å²) in [4.78, 5) is 0. The predicted molar refractivity (Wildman–Crippen MR) is 46.8 cm³/mol. The zero-order valence-electron chi connectivity index (χ0n) is 6.67. The molecule has 0 saturated heterocycles. The SMILES string of the molecule is N#CC(CO)c1c(F)cccc1Cl. The van der Waals surface area contributed by atoms with Crippen LogP contribution >= 0.6 is 11.6 Å². The first-order chi connectivity index (χ1) is 6.20. The van der Waals surface area contributed by atoms with Crippen LogP contribution in [-0.4, -0.2) is 11.7 Å². The minimum atomic E-state index is -0.895. The molecule has 4 heteroatoms. The van der Waals surface area contributed by atoms with E-state index >= 15 is 0 Å². The summed E-state index contributed by atoms with van der Waals surface area (Å²) >= 11 is 5.68. The molecule has 0 saturated carbocycles. The Kier molecular flexibility index (Phi) is 3.24. The highest BCUT2D eigenvalue weighted by molar-refractivity contribution is 6.31. The Morgan fingerprint density at radius 3 is 2.77 bits per heavy atom. The van der Waals surface area contributed by atoms with E-state index in [1.165, 1.54) is 18.2 Å². The number of nitrogens with zero attached hydrogens (tertiary/aromatic N) is 1. The molecule has 0 amide bonds. The summed E-state index contributed by atoms with van der Waals surface area (Å²) < 4.78 is 13.1. The standard InChI is InChI=1S/C9H7ClFNO/c10-7-2-1-3-8(11)9(7)6(4-12)5-13/h1-3,6,13H,5H2. The highest BCUT2D eigenvalue weighted by atomic mass is 35.5. The first-order valence-corrected chi connectivity index (χ1v) is 4.03. The highest BCUT2D eigenvalue weighted by Gasteiger charge is 2.17. The Balaban J connectivity index is 3.20. The lowest BCUT2D eigenvalue weighted by atomic mass is 10.0. The second kappa shape index (κ2) is 4.22. The van der Waals surface area contributed by atoms with Crippen molar-refractivity contribution in [3.63, 3.8) is 0 Å². The molecule has 2 nitrogen and oxygen atoms in total. The van der Waals surface area contributed by atoms with Gasteiger partial charge in [-0.25, -0.2) is 4.39 Å². The Morgan fingerprint density at radius 2 is 2.31 bits per heavy atom. The van der Waals surface area contributed by atoms with Crippen LogP contribution in [0.5, 0.6) is 0 Å². The highest BCUT2D eigenvalue weighted by Crippen LogP contribution is 2.26. The monoisotopic (exact) mass is 199 g/mol. The first-order valence-electron chi connectivity index (χ1n) is 3.65. The van der Waals surface area contributed by atoms with Gasteiger partial charge < -0.3 is 5.11 Å². The topological polar surface area (TPSA) is 44.0 Å². The molecule has 0 aliphatic carbocycles. The third-order valence-electron chi connectivity index (χ3n) is 1.69. The van der Waals surface area contributed by atoms with Gasteiger partial charge in [0, 0.05) is 10.6 Å². The van der Waals surface area contributed by atoms with Crippen molar-refractivity contribution in [1.82, 2.24) is 0 Å². The summed E-state index contributed by atoms with van der Waals surface area (Å²) in [5, 5.41) is 17.5. The van der Waals surface area contributed by atoms with E-state index in [1.54, 1.807) is 6.07 Å². The van der Waals surface area contributed by atoms with Crippen LogP contribution < -0.4 is 0 Å². The zero-order chi connectivity index (χ0) is 9.84. The first kappa shape index (κ1) is 9.97. The molecule has 0 bridgehead atoms. The van der Waals surface area contributed by atoms with Crippen LogP contribution in [0.25, 0.3) is 0 Å². The molecule has 1 unspecified atom stereocenters. The Labute approximate surface area is 80.2 Å². The average Bonchev–Trinajstić information content (AvgIpc) is 2.11. The number of benzene rings is 1. The van der Waals surface area contributed by atoms with E-state index in [4.69, 9.17) is 22.0 Å². The summed E-state index contributed by atoms with van der Waals surface area (Å²) in [6.45, 7) is -0.433. The van der Waals surface area contributed by atoms with Gasteiger partial charge in [0.25, 0.3) is 0 Å². The van der Waals surface area contributed by atoms with E-state index < -0.39 is 18.3 Å². The fourth-order valence-electron chi connectivity index (χ4n) is 1.04. The van der Waals surface area contributed by atoms with Crippen molar-refractivity contribution < 1.29 is 9.50 Å². The fourth-order valence-corrected chi connectivity index (χ4v) is 1.33. The van der Waals surface area contributed by atoms with Crippen molar-refractivity contribution in [2.75, 3.05) is 6.61 Å². The molecule has 0 aromatic heterocycles. The van der Waals surface area contributed by atoms with Gasteiger partial charge in [0.05, 0.1) is 18.6 Å². The molecule has 0 spiro atoms. The molecule has 0 aliphatic heterocycles. The van der Waals surface area contributed by atoms with Crippen LogP contribution in [0.15, 0.2) is 18.2 Å². The van der Waals surface area contributed by atoms with Crippen LogP contribution in [0.4, 0.5) is 4.39 Å². The largest absolute Gasteiger partial charge is 0.395 e. The quantitative estimate of drug-likeness (QED) is 0.793. The molecule has 1 atom stereocenters. The van der Waals surface area contributed by atoms with Crippen molar-refractivity contribution in [1.29, 1.82) is 5.26 Å². The summed E-state index contributed by atoms with van der Waals surface area (Å²) in [7, 11) is 0. The molecule has 1 aromatic carbocycles. The number of rotatable bonds is 2. The average molecular weight is 200 g/mol. The number of aliphatic hydroxyl groups excluding tert-OH is 1. The number of halogens is 2. The number of hydrogen-bond acceptors (Lipinski definition) is 2. The van der Waals surface area contributed by atoms with Gasteiger partial charge in [0.2, 0.25) is 0 Å². The maximum absolute atomic E-state index is 13.1. The lowest BCUT2D eigenvalue weighted by Crippen LogP contribution is -2.04. The van der Waals surface area contributed by atoms with Gasteiger partial charge in [-0.2, -0.15) is 5.26 Å². The third kappa shape index (κ3) is 1.97. The number of nitriles is 1. The number of hydrogen-bond donors (Lipinski definition) is 1. The van der Waals surface area contributed by atoms with Crippen LogP contribution in [0.2, 0.25) is 5.02 Å². The van der Waals surface area contributed by atoms with E-state index in [9.17, 15) is 4.39 Å². The van der Waals surface area contributed by atoms with Crippen molar-refractivity contribution in [2.45, 2.75) is 5.92 Å². The smallest absolute Gasteiger partial charge is 0.129 e. The number of aliphatic hydroxyl groups is 1. The predicted octanol–water partition coefficient (Wildman–Crippen LogP) is 2.08. The minimum Gasteiger partial charge on any atom is -0.395 e. The molecule has 1 N–H and O–H groups in total. The summed E-state index contributed by atoms with van der Waals surface area (Å²) in [5.74, 6) is -1.46. The lowest BCUT2D eigenvalue weighted by molar-refractivity contribution is 0.283. The third-order valence-corrected chi connectivity index (χ3v) is 2.02. The molecule has 68 valence electrons. The van der Waals surface area contributed by atoms with Crippen LogP contribution in [0.3, 0.4) is 0 Å². The molecule has 0 aliphatic rings. The molecule has 0 radical (unpaired) electrons. The van der Waals surface area contributed by atoms with Crippen LogP contribution in [-0.2, 0) is 0 Å². The Hall–Kier alpha value is -1.11. The van der Waals surface area contributed by atoms with E-state index in [-0.39, 0.29) is 10.6 Å². The maximum Gasteiger partial charge on any atom is 0.129 e. The minimum absolute atomic E-state index is 0.0640. The van der Waals surface area contributed by atoms with E-state index in [0.717, 1.165) is 0 Å². The van der Waals surface area contributed by atoms with Crippen LogP contribution in [0.1, 0.15) is 11.5 Å². The molecule has 0 fully saturated rings. The van der Waals surface area contributed by atoms with Gasteiger partial charge in [-0.1, -0.05) is 17.7 Å². The second-order valence-electron chi connectivity index (χ2n) is 2.50. The second-order valence-corrected chi connectivity index (χ2v) is 2.91. The summed E-state index contributed by atoms with van der Waals surface area (Å²) in [5.41, 5.74) is 0.0640. The van der Waals surface area contributed by atoms with Gasteiger partial charge in [-0.15, -0.1) is 0 Å². The molecule has 1 rings (SSSR count). The van der Waals surface area contributed by atoms with Gasteiger partial charge in [-0.3, -0.25) is 0 Å². The zero-order valence-corrected chi connectivity index (χ0v) is 7.42. The maximum atomic E-state index is 13.1. The summed E-state index contributed by atoms with van der Waals surface area (Å²) in [6, 6.07) is 5.92. The summed E-state index contributed by atoms with van der Waals surface area (Å²) in [6.07, 6.45) is 0. The van der Waals surface area contributed by atoms with Gasteiger partial charge in [0.15, 0.2) is 0 Å². The molecular weight excluding hydrogens is 193 g/mol. The fraction of sp³-hybridized carbons (Fsp3) is 0.222. The van der Waals surface area contributed by atoms with E-state index in [1.807, 2.05) is 0 Å². The van der Waals surface area contributed by atoms with Gasteiger partial charge in [0.1, 0.15) is 5.82 Å². The molecule has 13 heavy (non-hydrogen) atoms. The van der Waals surface area contributed by atoms with Crippen LogP contribution in [0, 0.1) is 17.1 Å². The Morgan fingerprint density at radius 1 is 1.62 bits per heavy atom. The molecule has 1 aromatic rings. The normalized spacial score (nSPS) is 12.2. The van der Waals surface area contributed by atoms with Crippen molar-refractivity contribution in [2.24, 2.45) is 0 Å². The van der Waals surface area contributed by atoms with Gasteiger partial charge >= 0.3 is 0 Å². The molecular formula is C9H7ClFNO.